The first-order valence-electron chi connectivity index (χ1n) is 10.1. The summed E-state index contributed by atoms with van der Waals surface area (Å²) in [6, 6.07) is 10.8. The van der Waals surface area contributed by atoms with Crippen LogP contribution in [0, 0.1) is 5.82 Å². The highest BCUT2D eigenvalue weighted by molar-refractivity contribution is 6.17. The summed E-state index contributed by atoms with van der Waals surface area (Å²) in [5.41, 5.74) is 0.750. The van der Waals surface area contributed by atoms with Gasteiger partial charge >= 0.3 is 6.61 Å². The van der Waals surface area contributed by atoms with Gasteiger partial charge in [0.25, 0.3) is 5.91 Å². The first-order chi connectivity index (χ1) is 15.5. The number of fused-ring (bicyclic) bond motifs is 2. The number of halogens is 3. The van der Waals surface area contributed by atoms with E-state index in [0.717, 1.165) is 0 Å². The quantitative estimate of drug-likeness (QED) is 0.445. The van der Waals surface area contributed by atoms with Crippen LogP contribution in [0.25, 0.3) is 10.8 Å². The Labute approximate surface area is 182 Å². The molecule has 166 valence electrons. The van der Waals surface area contributed by atoms with E-state index in [4.69, 9.17) is 9.47 Å². The van der Waals surface area contributed by atoms with E-state index in [9.17, 15) is 22.8 Å². The van der Waals surface area contributed by atoms with Crippen molar-refractivity contribution in [3.05, 3.63) is 65.0 Å². The molecule has 3 aromatic rings. The van der Waals surface area contributed by atoms with Gasteiger partial charge in [0.05, 0.1) is 24.4 Å². The number of alkyl halides is 2. The molecule has 1 aliphatic heterocycles. The van der Waals surface area contributed by atoms with Crippen molar-refractivity contribution < 1.29 is 32.2 Å². The van der Waals surface area contributed by atoms with Crippen LogP contribution in [0.5, 0.6) is 11.5 Å². The molecule has 3 aromatic carbocycles. The highest BCUT2D eigenvalue weighted by Gasteiger charge is 2.38. The van der Waals surface area contributed by atoms with Crippen LogP contribution in [0.15, 0.2) is 42.5 Å². The molecule has 0 fully saturated rings. The minimum atomic E-state index is -3.15. The number of carbonyl (C=O) groups is 2. The van der Waals surface area contributed by atoms with Crippen molar-refractivity contribution in [1.29, 1.82) is 0 Å². The van der Waals surface area contributed by atoms with Crippen molar-refractivity contribution in [1.82, 2.24) is 0 Å². The fourth-order valence-corrected chi connectivity index (χ4v) is 3.94. The Kier molecular flexibility index (Phi) is 6.03. The molecule has 1 heterocycles. The summed E-state index contributed by atoms with van der Waals surface area (Å²) in [6.45, 7) is -0.938. The molecule has 5 nitrogen and oxygen atoms in total. The van der Waals surface area contributed by atoms with Crippen molar-refractivity contribution in [3.63, 3.8) is 0 Å². The number of rotatable bonds is 8. The van der Waals surface area contributed by atoms with Crippen LogP contribution in [0.1, 0.15) is 34.8 Å². The van der Waals surface area contributed by atoms with E-state index in [2.05, 4.69) is 0 Å². The summed E-state index contributed by atoms with van der Waals surface area (Å²) in [6.07, 6.45) is 1.39. The maximum atomic E-state index is 14.8. The van der Waals surface area contributed by atoms with E-state index >= 15 is 0 Å². The summed E-state index contributed by atoms with van der Waals surface area (Å²) in [4.78, 5) is 25.2. The lowest BCUT2D eigenvalue weighted by atomic mass is 9.99. The molecule has 0 spiro atoms. The molecule has 8 heteroatoms. The fourth-order valence-electron chi connectivity index (χ4n) is 3.94. The third-order valence-electron chi connectivity index (χ3n) is 5.27. The van der Waals surface area contributed by atoms with Gasteiger partial charge in [0.2, 0.25) is 0 Å². The SMILES string of the molecule is CCCOc1c2c(c(OC(F)F)c3ccccc13)C(=O)N(c1ccc(CC=O)cc1F)C2. The smallest absolute Gasteiger partial charge is 0.387 e. The number of anilines is 1. The number of ether oxygens (including phenoxy) is 2. The van der Waals surface area contributed by atoms with E-state index in [0.29, 0.717) is 47.0 Å². The predicted molar refractivity (Wildman–Crippen MR) is 113 cm³/mol. The predicted octanol–water partition coefficient (Wildman–Crippen LogP) is 5.27. The standard InChI is InChI=1S/C24H20F3NO4/c1-2-11-31-21-15-5-3-4-6-16(15)22(32-24(26)27)20-17(21)13-28(23(20)30)19-8-7-14(9-10-29)12-18(19)25/h3-8,10,12,24H,2,9,11,13H2,1H3. The molecular formula is C24H20F3NO4. The molecule has 0 bridgehead atoms. The van der Waals surface area contributed by atoms with Crippen LogP contribution in [-0.4, -0.2) is 25.4 Å². The van der Waals surface area contributed by atoms with Crippen LogP contribution >= 0.6 is 0 Å². The Bertz CT molecular complexity index is 1200. The second-order valence-corrected chi connectivity index (χ2v) is 7.33. The van der Waals surface area contributed by atoms with E-state index in [1.165, 1.54) is 17.0 Å². The molecule has 0 aromatic heterocycles. The molecule has 0 N–H and O–H groups in total. The molecule has 1 aliphatic rings. The minimum Gasteiger partial charge on any atom is -0.493 e. The normalized spacial score (nSPS) is 13.0. The van der Waals surface area contributed by atoms with Gasteiger partial charge in [-0.05, 0) is 24.1 Å². The molecule has 0 radical (unpaired) electrons. The van der Waals surface area contributed by atoms with Crippen LogP contribution < -0.4 is 14.4 Å². The first kappa shape index (κ1) is 21.7. The first-order valence-corrected chi connectivity index (χ1v) is 10.1. The molecule has 0 aliphatic carbocycles. The zero-order valence-corrected chi connectivity index (χ0v) is 17.2. The van der Waals surface area contributed by atoms with Crippen molar-refractivity contribution in [2.45, 2.75) is 32.9 Å². The third-order valence-corrected chi connectivity index (χ3v) is 5.27. The van der Waals surface area contributed by atoms with Gasteiger partial charge < -0.3 is 19.2 Å². The molecule has 0 unspecified atom stereocenters. The number of aldehydes is 1. The highest BCUT2D eigenvalue weighted by Crippen LogP contribution is 2.46. The van der Waals surface area contributed by atoms with Crippen molar-refractivity contribution in [3.8, 4) is 11.5 Å². The van der Waals surface area contributed by atoms with Gasteiger partial charge in [-0.1, -0.05) is 37.3 Å². The Balaban J connectivity index is 1.90. The highest BCUT2D eigenvalue weighted by atomic mass is 19.3. The molecule has 1 amide bonds. The topological polar surface area (TPSA) is 55.8 Å². The minimum absolute atomic E-state index is 0.0191. The van der Waals surface area contributed by atoms with Crippen LogP contribution in [0.4, 0.5) is 18.9 Å². The lowest BCUT2D eigenvalue weighted by molar-refractivity contribution is -0.107. The van der Waals surface area contributed by atoms with E-state index in [1.54, 1.807) is 30.3 Å². The average molecular weight is 443 g/mol. The summed E-state index contributed by atoms with van der Waals surface area (Å²) in [5, 5.41) is 0.849. The Morgan fingerprint density at radius 1 is 1.12 bits per heavy atom. The molecule has 0 saturated carbocycles. The molecular weight excluding hydrogens is 423 g/mol. The largest absolute Gasteiger partial charge is 0.493 e. The Morgan fingerprint density at radius 3 is 2.47 bits per heavy atom. The van der Waals surface area contributed by atoms with Crippen LogP contribution in [-0.2, 0) is 17.8 Å². The second-order valence-electron chi connectivity index (χ2n) is 7.33. The summed E-state index contributed by atoms with van der Waals surface area (Å²) >= 11 is 0. The van der Waals surface area contributed by atoms with Gasteiger partial charge in [-0.3, -0.25) is 4.79 Å². The monoisotopic (exact) mass is 443 g/mol. The number of hydrogen-bond donors (Lipinski definition) is 0. The molecule has 4 rings (SSSR count). The molecule has 0 atom stereocenters. The second kappa shape index (κ2) is 8.90. The maximum Gasteiger partial charge on any atom is 0.387 e. The Hall–Kier alpha value is -3.55. The van der Waals surface area contributed by atoms with Gasteiger partial charge in [0.15, 0.2) is 0 Å². The van der Waals surface area contributed by atoms with Crippen LogP contribution in [0.2, 0.25) is 0 Å². The number of benzene rings is 3. The van der Waals surface area contributed by atoms with Crippen molar-refractivity contribution in [2.75, 3.05) is 11.5 Å². The van der Waals surface area contributed by atoms with E-state index in [-0.39, 0.29) is 30.0 Å². The van der Waals surface area contributed by atoms with Gasteiger partial charge in [-0.2, -0.15) is 8.78 Å². The number of amides is 1. The lowest BCUT2D eigenvalue weighted by Gasteiger charge is -2.17. The van der Waals surface area contributed by atoms with Gasteiger partial charge in [-0.15, -0.1) is 0 Å². The molecule has 0 saturated heterocycles. The zero-order chi connectivity index (χ0) is 22.8. The summed E-state index contributed by atoms with van der Waals surface area (Å²) < 4.78 is 52.1. The van der Waals surface area contributed by atoms with Crippen LogP contribution in [0.3, 0.4) is 0 Å². The summed E-state index contributed by atoms with van der Waals surface area (Å²) in [7, 11) is 0. The van der Waals surface area contributed by atoms with Crippen molar-refractivity contribution >= 4 is 28.7 Å². The maximum absolute atomic E-state index is 14.8. The Morgan fingerprint density at radius 2 is 1.84 bits per heavy atom. The third kappa shape index (κ3) is 3.77. The van der Waals surface area contributed by atoms with Gasteiger partial charge in [0.1, 0.15) is 23.6 Å². The van der Waals surface area contributed by atoms with Gasteiger partial charge in [-0.25, -0.2) is 4.39 Å². The fraction of sp³-hybridized carbons (Fsp3) is 0.250. The lowest BCUT2D eigenvalue weighted by Crippen LogP contribution is -2.24. The number of hydrogen-bond acceptors (Lipinski definition) is 4. The molecule has 32 heavy (non-hydrogen) atoms. The zero-order valence-electron chi connectivity index (χ0n) is 17.2. The number of carbonyl (C=O) groups excluding carboxylic acids is 2. The van der Waals surface area contributed by atoms with E-state index in [1.807, 2.05) is 6.92 Å². The summed E-state index contributed by atoms with van der Waals surface area (Å²) in [5.74, 6) is -1.21. The van der Waals surface area contributed by atoms with Gasteiger partial charge in [0, 0.05) is 22.8 Å². The number of nitrogens with zero attached hydrogens (tertiary/aromatic N) is 1. The van der Waals surface area contributed by atoms with E-state index < -0.39 is 18.3 Å². The van der Waals surface area contributed by atoms with Crippen molar-refractivity contribution in [2.24, 2.45) is 0 Å². The average Bonchev–Trinajstić information content (AvgIpc) is 3.10.